The van der Waals surface area contributed by atoms with Crippen LogP contribution >= 0.6 is 0 Å². The van der Waals surface area contributed by atoms with Crippen molar-refractivity contribution in [1.82, 2.24) is 25.2 Å². The van der Waals surface area contributed by atoms with Crippen molar-refractivity contribution in [2.45, 2.75) is 20.0 Å². The fourth-order valence-corrected chi connectivity index (χ4v) is 2.76. The fourth-order valence-electron chi connectivity index (χ4n) is 2.76. The number of pyridine rings is 1. The van der Waals surface area contributed by atoms with Crippen molar-refractivity contribution in [3.63, 3.8) is 0 Å². The molecular weight excluding hydrogens is 324 g/mol. The third-order valence-corrected chi connectivity index (χ3v) is 4.05. The molecule has 0 aliphatic rings. The van der Waals surface area contributed by atoms with Crippen LogP contribution in [0.5, 0.6) is 0 Å². The van der Waals surface area contributed by atoms with Crippen molar-refractivity contribution in [3.8, 4) is 11.3 Å². The van der Waals surface area contributed by atoms with Crippen LogP contribution in [0, 0.1) is 6.92 Å². The van der Waals surface area contributed by atoms with E-state index in [0.29, 0.717) is 13.1 Å². The van der Waals surface area contributed by atoms with E-state index in [0.717, 1.165) is 34.4 Å². The molecule has 0 bridgehead atoms. The minimum absolute atomic E-state index is 0.631. The van der Waals surface area contributed by atoms with E-state index in [1.54, 1.807) is 7.05 Å². The van der Waals surface area contributed by atoms with Crippen molar-refractivity contribution >= 4 is 5.96 Å². The van der Waals surface area contributed by atoms with Gasteiger partial charge in [0.05, 0.1) is 30.7 Å². The summed E-state index contributed by atoms with van der Waals surface area (Å²) in [4.78, 5) is 18.7. The number of aromatic nitrogens is 3. The van der Waals surface area contributed by atoms with Crippen molar-refractivity contribution in [2.24, 2.45) is 4.99 Å². The minimum atomic E-state index is 0.631. The molecule has 2 aromatic heterocycles. The Morgan fingerprint density at radius 1 is 1.15 bits per heavy atom. The van der Waals surface area contributed by atoms with Gasteiger partial charge in [-0.2, -0.15) is 0 Å². The standard InChI is InChI=1S/C20H24N6/c1-15-8-7-11-17(24-15)12-23-20(21-2)26(3)14-19-22-13-18(25-19)16-9-5-4-6-10-16/h4-11,13H,12,14H2,1-3H3,(H,21,23)(H,22,25). The average Bonchev–Trinajstić information content (AvgIpc) is 3.11. The maximum Gasteiger partial charge on any atom is 0.194 e. The number of hydrogen-bond donors (Lipinski definition) is 2. The maximum atomic E-state index is 4.51. The zero-order valence-corrected chi connectivity index (χ0v) is 15.4. The third kappa shape index (κ3) is 4.47. The zero-order valence-electron chi connectivity index (χ0n) is 15.4. The quantitative estimate of drug-likeness (QED) is 0.549. The van der Waals surface area contributed by atoms with Gasteiger partial charge in [-0.25, -0.2) is 4.98 Å². The van der Waals surface area contributed by atoms with Gasteiger partial charge >= 0.3 is 0 Å². The molecule has 0 fully saturated rings. The molecule has 2 heterocycles. The maximum absolute atomic E-state index is 4.51. The van der Waals surface area contributed by atoms with Crippen molar-refractivity contribution < 1.29 is 0 Å². The number of benzene rings is 1. The number of rotatable bonds is 5. The van der Waals surface area contributed by atoms with Crippen LogP contribution in [0.4, 0.5) is 0 Å². The summed E-state index contributed by atoms with van der Waals surface area (Å²) in [5.74, 6) is 1.69. The highest BCUT2D eigenvalue weighted by Gasteiger charge is 2.10. The number of imidazole rings is 1. The van der Waals surface area contributed by atoms with Gasteiger partial charge in [0.1, 0.15) is 5.82 Å². The predicted octanol–water partition coefficient (Wildman–Crippen LogP) is 2.99. The van der Waals surface area contributed by atoms with Gasteiger partial charge in [0.15, 0.2) is 5.96 Å². The summed E-state index contributed by atoms with van der Waals surface area (Å²) in [7, 11) is 3.77. The summed E-state index contributed by atoms with van der Waals surface area (Å²) in [6, 6.07) is 16.2. The predicted molar refractivity (Wildman–Crippen MR) is 105 cm³/mol. The number of nitrogens with zero attached hydrogens (tertiary/aromatic N) is 4. The number of hydrogen-bond acceptors (Lipinski definition) is 3. The van der Waals surface area contributed by atoms with Crippen LogP contribution in [0.2, 0.25) is 0 Å². The summed E-state index contributed by atoms with van der Waals surface area (Å²) in [6.07, 6.45) is 1.87. The van der Waals surface area contributed by atoms with Crippen LogP contribution in [0.3, 0.4) is 0 Å². The Hall–Kier alpha value is -3.15. The number of guanidine groups is 1. The molecule has 0 unspecified atom stereocenters. The first-order valence-electron chi connectivity index (χ1n) is 8.59. The number of aryl methyl sites for hydroxylation is 1. The SMILES string of the molecule is CN=C(NCc1cccc(C)n1)N(C)Cc1ncc(-c2ccccc2)[nH]1. The Labute approximate surface area is 154 Å². The fraction of sp³-hybridized carbons (Fsp3) is 0.250. The van der Waals surface area contributed by atoms with Gasteiger partial charge < -0.3 is 15.2 Å². The van der Waals surface area contributed by atoms with E-state index in [1.165, 1.54) is 0 Å². The number of aromatic amines is 1. The second-order valence-corrected chi connectivity index (χ2v) is 6.14. The zero-order chi connectivity index (χ0) is 18.4. The molecule has 2 N–H and O–H groups in total. The lowest BCUT2D eigenvalue weighted by atomic mass is 10.2. The number of H-pyrrole nitrogens is 1. The largest absolute Gasteiger partial charge is 0.351 e. The second-order valence-electron chi connectivity index (χ2n) is 6.14. The van der Waals surface area contributed by atoms with E-state index in [1.807, 2.05) is 61.5 Å². The van der Waals surface area contributed by atoms with Crippen LogP contribution in [0.15, 0.2) is 59.7 Å². The van der Waals surface area contributed by atoms with E-state index >= 15 is 0 Å². The molecule has 6 nitrogen and oxygen atoms in total. The van der Waals surface area contributed by atoms with E-state index in [4.69, 9.17) is 0 Å². The van der Waals surface area contributed by atoms with Gasteiger partial charge in [-0.3, -0.25) is 9.98 Å². The van der Waals surface area contributed by atoms with Crippen LogP contribution in [0.1, 0.15) is 17.2 Å². The highest BCUT2D eigenvalue weighted by Crippen LogP contribution is 2.16. The van der Waals surface area contributed by atoms with Gasteiger partial charge in [-0.05, 0) is 24.6 Å². The first-order chi connectivity index (χ1) is 12.7. The highest BCUT2D eigenvalue weighted by atomic mass is 15.3. The molecular formula is C20H24N6. The molecule has 6 heteroatoms. The number of aliphatic imine (C=N–C) groups is 1. The highest BCUT2D eigenvalue weighted by molar-refractivity contribution is 5.79. The molecule has 0 spiro atoms. The first-order valence-corrected chi connectivity index (χ1v) is 8.59. The topological polar surface area (TPSA) is 69.2 Å². The second kappa shape index (κ2) is 8.29. The average molecular weight is 348 g/mol. The molecule has 0 aliphatic heterocycles. The van der Waals surface area contributed by atoms with Crippen molar-refractivity contribution in [1.29, 1.82) is 0 Å². The Bertz CT molecular complexity index is 869. The Morgan fingerprint density at radius 3 is 2.69 bits per heavy atom. The molecule has 0 amide bonds. The molecule has 0 radical (unpaired) electrons. The van der Waals surface area contributed by atoms with Crippen molar-refractivity contribution in [2.75, 3.05) is 14.1 Å². The molecule has 3 aromatic rings. The number of nitrogens with one attached hydrogen (secondary N) is 2. The van der Waals surface area contributed by atoms with Crippen LogP contribution in [0.25, 0.3) is 11.3 Å². The van der Waals surface area contributed by atoms with E-state index < -0.39 is 0 Å². The van der Waals surface area contributed by atoms with Gasteiger partial charge in [-0.15, -0.1) is 0 Å². The molecule has 3 rings (SSSR count). The molecule has 0 saturated carbocycles. The normalized spacial score (nSPS) is 11.4. The molecule has 0 aliphatic carbocycles. The monoisotopic (exact) mass is 348 g/mol. The Balaban J connectivity index is 1.61. The third-order valence-electron chi connectivity index (χ3n) is 4.05. The van der Waals surface area contributed by atoms with E-state index in [2.05, 4.69) is 37.4 Å². The molecule has 0 atom stereocenters. The van der Waals surface area contributed by atoms with Crippen molar-refractivity contribution in [3.05, 3.63) is 71.9 Å². The van der Waals surface area contributed by atoms with E-state index in [9.17, 15) is 0 Å². The van der Waals surface area contributed by atoms with Gasteiger partial charge in [0.25, 0.3) is 0 Å². The Kier molecular flexibility index (Phi) is 5.63. The smallest absolute Gasteiger partial charge is 0.194 e. The molecule has 134 valence electrons. The van der Waals surface area contributed by atoms with Gasteiger partial charge in [0, 0.05) is 19.8 Å². The van der Waals surface area contributed by atoms with Crippen LogP contribution < -0.4 is 5.32 Å². The summed E-state index contributed by atoms with van der Waals surface area (Å²) in [5.41, 5.74) is 4.14. The minimum Gasteiger partial charge on any atom is -0.351 e. The van der Waals surface area contributed by atoms with Gasteiger partial charge in [0.2, 0.25) is 0 Å². The summed E-state index contributed by atoms with van der Waals surface area (Å²) < 4.78 is 0. The lowest BCUT2D eigenvalue weighted by Crippen LogP contribution is -2.38. The summed E-state index contributed by atoms with van der Waals surface area (Å²) in [5, 5.41) is 3.34. The summed E-state index contributed by atoms with van der Waals surface area (Å²) in [6.45, 7) is 3.26. The Morgan fingerprint density at radius 2 is 1.96 bits per heavy atom. The lowest BCUT2D eigenvalue weighted by Gasteiger charge is -2.21. The van der Waals surface area contributed by atoms with E-state index in [-0.39, 0.29) is 0 Å². The molecule has 0 saturated heterocycles. The molecule has 26 heavy (non-hydrogen) atoms. The first kappa shape index (κ1) is 17.7. The summed E-state index contributed by atoms with van der Waals surface area (Å²) >= 11 is 0. The van der Waals surface area contributed by atoms with Crippen LogP contribution in [-0.4, -0.2) is 39.9 Å². The molecule has 1 aromatic carbocycles. The lowest BCUT2D eigenvalue weighted by molar-refractivity contribution is 0.463. The van der Waals surface area contributed by atoms with Gasteiger partial charge in [-0.1, -0.05) is 36.4 Å². The van der Waals surface area contributed by atoms with Crippen LogP contribution in [-0.2, 0) is 13.1 Å².